The van der Waals surface area contributed by atoms with E-state index < -0.39 is 9.84 Å². The molecule has 0 unspecified atom stereocenters. The smallest absolute Gasteiger partial charge is 0.361 e. The predicted octanol–water partition coefficient (Wildman–Crippen LogP) is 0.715. The molecule has 0 aliphatic carbocycles. The number of aromatic nitrogens is 2. The van der Waals surface area contributed by atoms with Crippen LogP contribution in [0.2, 0.25) is 5.02 Å². The summed E-state index contributed by atoms with van der Waals surface area (Å²) < 4.78 is 30.5. The minimum atomic E-state index is -3.85. The summed E-state index contributed by atoms with van der Waals surface area (Å²) >= 11 is 7.61. The third-order valence-electron chi connectivity index (χ3n) is 3.24. The third kappa shape index (κ3) is 2.75. The lowest BCUT2D eigenvalue weighted by molar-refractivity contribution is -0.789. The van der Waals surface area contributed by atoms with Gasteiger partial charge in [-0.25, -0.2) is 8.42 Å². The van der Waals surface area contributed by atoms with Crippen molar-refractivity contribution in [2.24, 2.45) is 0 Å². The van der Waals surface area contributed by atoms with Crippen LogP contribution in [0.1, 0.15) is 0 Å². The van der Waals surface area contributed by atoms with Gasteiger partial charge in [-0.1, -0.05) is 11.6 Å². The van der Waals surface area contributed by atoms with Gasteiger partial charge < -0.3 is 5.73 Å². The van der Waals surface area contributed by atoms with Gasteiger partial charge in [-0.2, -0.15) is 16.8 Å². The average Bonchev–Trinajstić information content (AvgIpc) is 2.91. The number of hydrogen-bond donors (Lipinski definition) is 1. The topological polar surface area (TPSA) is 93.3 Å². The summed E-state index contributed by atoms with van der Waals surface area (Å²) in [7, 11) is -3.85. The van der Waals surface area contributed by atoms with Crippen LogP contribution >= 0.6 is 23.4 Å². The van der Waals surface area contributed by atoms with Gasteiger partial charge in [0.25, 0.3) is 9.84 Å². The van der Waals surface area contributed by atoms with Crippen molar-refractivity contribution in [2.75, 3.05) is 35.3 Å². The fourth-order valence-electron chi connectivity index (χ4n) is 2.15. The molecule has 1 fully saturated rings. The first-order chi connectivity index (χ1) is 10.5. The molecule has 0 bridgehead atoms. The molecule has 1 aliphatic rings. The van der Waals surface area contributed by atoms with Crippen LogP contribution in [0.25, 0.3) is 0 Å². The number of nitrogens with zero attached hydrogens (tertiary/aromatic N) is 3. The van der Waals surface area contributed by atoms with Crippen molar-refractivity contribution >= 4 is 39.1 Å². The Morgan fingerprint density at radius 1 is 1.27 bits per heavy atom. The molecule has 0 saturated carbocycles. The highest BCUT2D eigenvalue weighted by atomic mass is 35.5. The van der Waals surface area contributed by atoms with Crippen LogP contribution in [-0.2, 0) is 9.84 Å². The Labute approximate surface area is 136 Å². The Morgan fingerprint density at radius 3 is 2.55 bits per heavy atom. The van der Waals surface area contributed by atoms with Crippen molar-refractivity contribution in [3.8, 4) is 0 Å². The van der Waals surface area contributed by atoms with Gasteiger partial charge in [0, 0.05) is 16.5 Å². The monoisotopic (exact) mass is 361 g/mol. The molecule has 10 heteroatoms. The van der Waals surface area contributed by atoms with E-state index in [1.807, 2.05) is 0 Å². The zero-order valence-corrected chi connectivity index (χ0v) is 13.9. The summed E-state index contributed by atoms with van der Waals surface area (Å²) in [6.07, 6.45) is 0. The van der Waals surface area contributed by atoms with Crippen molar-refractivity contribution < 1.29 is 17.7 Å². The Hall–Kier alpha value is -1.45. The molecule has 1 aliphatic heterocycles. The standard InChI is InChI=1S/C12H14ClN4O3S2/c13-9-1-3-10(4-2-9)22(18,19)12-11(14)20-15-17(12)16-5-7-21-8-6-16/h1-4H,5-8,14H2/q+1. The summed E-state index contributed by atoms with van der Waals surface area (Å²) in [6.45, 7) is 1.34. The molecule has 2 N–H and O–H groups in total. The molecule has 0 radical (unpaired) electrons. The summed E-state index contributed by atoms with van der Waals surface area (Å²) in [5.41, 5.74) is 5.71. The molecule has 1 aromatic heterocycles. The Morgan fingerprint density at radius 2 is 1.91 bits per heavy atom. The average molecular weight is 362 g/mol. The first-order valence-corrected chi connectivity index (χ1v) is 9.53. The Balaban J connectivity index is 2.07. The molecule has 3 rings (SSSR count). The van der Waals surface area contributed by atoms with Crippen molar-refractivity contribution in [1.82, 2.24) is 5.27 Å². The third-order valence-corrected chi connectivity index (χ3v) is 6.20. The SMILES string of the molecule is Nc1on[n+](N2CCSCC2)c1S(=O)(=O)c1ccc(Cl)cc1. The van der Waals surface area contributed by atoms with Crippen LogP contribution in [0.4, 0.5) is 5.88 Å². The lowest BCUT2D eigenvalue weighted by Crippen LogP contribution is -2.64. The lowest BCUT2D eigenvalue weighted by atomic mass is 10.4. The number of sulfone groups is 1. The second-order valence-electron chi connectivity index (χ2n) is 4.66. The van der Waals surface area contributed by atoms with E-state index in [1.165, 1.54) is 29.1 Å². The maximum atomic E-state index is 12.8. The van der Waals surface area contributed by atoms with E-state index in [-0.39, 0.29) is 15.8 Å². The normalized spacial score (nSPS) is 16.0. The molecule has 7 nitrogen and oxygen atoms in total. The largest absolute Gasteiger partial charge is 0.425 e. The molecule has 2 heterocycles. The molecular weight excluding hydrogens is 348 g/mol. The number of rotatable bonds is 3. The number of benzene rings is 1. The molecule has 2 aromatic rings. The summed E-state index contributed by atoms with van der Waals surface area (Å²) in [5, 5.41) is 5.89. The maximum absolute atomic E-state index is 12.8. The molecule has 0 amide bonds. The van der Waals surface area contributed by atoms with E-state index in [4.69, 9.17) is 21.9 Å². The van der Waals surface area contributed by atoms with Crippen molar-refractivity contribution in [2.45, 2.75) is 9.92 Å². The van der Waals surface area contributed by atoms with Crippen LogP contribution < -0.4 is 15.5 Å². The number of nitrogen functional groups attached to an aromatic ring is 1. The van der Waals surface area contributed by atoms with E-state index in [2.05, 4.69) is 5.27 Å². The number of nitrogens with two attached hydrogens (primary N) is 1. The number of halogens is 1. The van der Waals surface area contributed by atoms with Crippen molar-refractivity contribution in [3.05, 3.63) is 29.3 Å². The van der Waals surface area contributed by atoms with E-state index in [9.17, 15) is 8.42 Å². The Kier molecular flexibility index (Phi) is 4.20. The van der Waals surface area contributed by atoms with Crippen LogP contribution in [0.15, 0.2) is 38.7 Å². The van der Waals surface area contributed by atoms with E-state index in [1.54, 1.807) is 16.8 Å². The second-order valence-corrected chi connectivity index (χ2v) is 8.18. The van der Waals surface area contributed by atoms with Crippen LogP contribution in [0, 0.1) is 0 Å². The molecule has 1 aromatic carbocycles. The van der Waals surface area contributed by atoms with Gasteiger partial charge in [0.2, 0.25) is 5.27 Å². The lowest BCUT2D eigenvalue weighted by Gasteiger charge is -2.18. The summed E-state index contributed by atoms with van der Waals surface area (Å²) in [4.78, 5) is 1.34. The highest BCUT2D eigenvalue weighted by Gasteiger charge is 2.41. The maximum Gasteiger partial charge on any atom is 0.425 e. The summed E-state index contributed by atoms with van der Waals surface area (Å²) in [5.74, 6) is 1.55. The number of hydrogen-bond acceptors (Lipinski definition) is 7. The molecule has 1 saturated heterocycles. The van der Waals surface area contributed by atoms with Gasteiger partial charge in [0.15, 0.2) is 0 Å². The zero-order valence-electron chi connectivity index (χ0n) is 11.5. The fraction of sp³-hybridized carbons (Fsp3) is 0.333. The van der Waals surface area contributed by atoms with Crippen LogP contribution in [0.3, 0.4) is 0 Å². The minimum absolute atomic E-state index is 0.0898. The van der Waals surface area contributed by atoms with Crippen LogP contribution in [0.5, 0.6) is 0 Å². The van der Waals surface area contributed by atoms with Gasteiger partial charge in [-0.3, -0.25) is 4.52 Å². The van der Waals surface area contributed by atoms with Crippen molar-refractivity contribution in [3.63, 3.8) is 0 Å². The molecular formula is C12H14ClN4O3S2+. The fourth-order valence-corrected chi connectivity index (χ4v) is 4.54. The van der Waals surface area contributed by atoms with E-state index in [0.29, 0.717) is 18.1 Å². The van der Waals surface area contributed by atoms with E-state index >= 15 is 0 Å². The van der Waals surface area contributed by atoms with E-state index in [0.717, 1.165) is 11.5 Å². The Bertz CT molecular complexity index is 770. The highest BCUT2D eigenvalue weighted by molar-refractivity contribution is 7.99. The van der Waals surface area contributed by atoms with Gasteiger partial charge >= 0.3 is 10.9 Å². The second kappa shape index (κ2) is 5.98. The summed E-state index contributed by atoms with van der Waals surface area (Å²) in [6, 6.07) is 5.89. The first kappa shape index (κ1) is 15.4. The molecule has 22 heavy (non-hydrogen) atoms. The van der Waals surface area contributed by atoms with Crippen molar-refractivity contribution in [1.29, 1.82) is 0 Å². The minimum Gasteiger partial charge on any atom is -0.361 e. The first-order valence-electron chi connectivity index (χ1n) is 6.51. The molecule has 0 spiro atoms. The zero-order chi connectivity index (χ0) is 15.7. The number of thioether (sulfide) groups is 1. The number of anilines is 1. The quantitative estimate of drug-likeness (QED) is 0.805. The van der Waals surface area contributed by atoms with Gasteiger partial charge in [0.1, 0.15) is 0 Å². The van der Waals surface area contributed by atoms with Gasteiger partial charge in [0.05, 0.1) is 22.8 Å². The van der Waals surface area contributed by atoms with Gasteiger partial charge in [-0.15, -0.1) is 0 Å². The van der Waals surface area contributed by atoms with Gasteiger partial charge in [-0.05, 0) is 24.3 Å². The molecule has 0 atom stereocenters. The highest BCUT2D eigenvalue weighted by Crippen LogP contribution is 2.24. The molecule has 118 valence electrons. The predicted molar refractivity (Wildman–Crippen MR) is 83.3 cm³/mol. The van der Waals surface area contributed by atoms with Crippen LogP contribution in [-0.4, -0.2) is 38.3 Å².